The molecule has 0 aliphatic carbocycles. The molecule has 0 unspecified atom stereocenters. The number of amides is 1. The largest absolute Gasteiger partial charge is 0.489 e. The van der Waals surface area contributed by atoms with Crippen molar-refractivity contribution < 1.29 is 9.53 Å². The molecule has 5 heteroatoms. The van der Waals surface area contributed by atoms with Crippen LogP contribution in [0.2, 0.25) is 0 Å². The van der Waals surface area contributed by atoms with Gasteiger partial charge < -0.3 is 9.64 Å². The summed E-state index contributed by atoms with van der Waals surface area (Å²) >= 11 is 1.51. The molecule has 30 heavy (non-hydrogen) atoms. The van der Waals surface area contributed by atoms with E-state index in [4.69, 9.17) is 4.74 Å². The van der Waals surface area contributed by atoms with E-state index in [1.165, 1.54) is 22.5 Å². The van der Waals surface area contributed by atoms with Crippen molar-refractivity contribution in [3.8, 4) is 5.75 Å². The standard InChI is InChI=1S/C25H28N2O2S/c1-19-7-6-10-23(20(19)2)29-17-22-15-24(30-18-22)25(28)27-13-11-26(12-14-27)16-21-8-4-3-5-9-21/h3-10,15,18H,11-14,16-17H2,1-2H3. The Kier molecular flexibility index (Phi) is 6.50. The average molecular weight is 421 g/mol. The van der Waals surface area contributed by atoms with Gasteiger partial charge in [0.05, 0.1) is 4.88 Å². The molecule has 1 amide bonds. The van der Waals surface area contributed by atoms with Gasteiger partial charge in [0.2, 0.25) is 0 Å². The molecule has 0 spiro atoms. The van der Waals surface area contributed by atoms with Crippen LogP contribution in [0, 0.1) is 13.8 Å². The molecule has 0 atom stereocenters. The van der Waals surface area contributed by atoms with E-state index in [2.05, 4.69) is 49.1 Å². The lowest BCUT2D eigenvalue weighted by molar-refractivity contribution is 0.0633. The number of ether oxygens (including phenoxy) is 1. The maximum atomic E-state index is 12.9. The lowest BCUT2D eigenvalue weighted by atomic mass is 10.1. The van der Waals surface area contributed by atoms with Crippen LogP contribution in [0.3, 0.4) is 0 Å². The summed E-state index contributed by atoms with van der Waals surface area (Å²) in [5, 5.41) is 2.03. The van der Waals surface area contributed by atoms with E-state index in [0.29, 0.717) is 6.61 Å². The number of thiophene rings is 1. The van der Waals surface area contributed by atoms with Crippen LogP contribution in [0.15, 0.2) is 60.0 Å². The summed E-state index contributed by atoms with van der Waals surface area (Å²) in [4.78, 5) is 18.1. The summed E-state index contributed by atoms with van der Waals surface area (Å²) in [7, 11) is 0. The number of rotatable bonds is 6. The number of carbonyl (C=O) groups is 1. The van der Waals surface area contributed by atoms with Gasteiger partial charge in [0.25, 0.3) is 5.91 Å². The number of benzene rings is 2. The van der Waals surface area contributed by atoms with E-state index in [0.717, 1.165) is 54.5 Å². The second-order valence-corrected chi connectivity index (χ2v) is 8.77. The smallest absolute Gasteiger partial charge is 0.264 e. The van der Waals surface area contributed by atoms with Gasteiger partial charge in [-0.2, -0.15) is 0 Å². The lowest BCUT2D eigenvalue weighted by Crippen LogP contribution is -2.48. The number of hydrogen-bond acceptors (Lipinski definition) is 4. The van der Waals surface area contributed by atoms with Crippen LogP contribution < -0.4 is 4.74 Å². The van der Waals surface area contributed by atoms with Crippen molar-refractivity contribution in [1.82, 2.24) is 9.80 Å². The first-order chi connectivity index (χ1) is 14.6. The van der Waals surface area contributed by atoms with Crippen LogP contribution in [0.4, 0.5) is 0 Å². The number of nitrogens with zero attached hydrogens (tertiary/aromatic N) is 2. The fraction of sp³-hybridized carbons (Fsp3) is 0.320. The van der Waals surface area contributed by atoms with Crippen molar-refractivity contribution in [1.29, 1.82) is 0 Å². The monoisotopic (exact) mass is 420 g/mol. The average Bonchev–Trinajstić information content (AvgIpc) is 3.25. The Morgan fingerprint density at radius 1 is 0.967 bits per heavy atom. The molecule has 1 saturated heterocycles. The van der Waals surface area contributed by atoms with Crippen molar-refractivity contribution >= 4 is 17.2 Å². The SMILES string of the molecule is Cc1cccc(OCc2csc(C(=O)N3CCN(Cc4ccccc4)CC3)c2)c1C. The van der Waals surface area contributed by atoms with Crippen LogP contribution in [0.25, 0.3) is 0 Å². The summed E-state index contributed by atoms with van der Waals surface area (Å²) in [5.41, 5.74) is 4.76. The van der Waals surface area contributed by atoms with Crippen LogP contribution in [0.1, 0.15) is 31.9 Å². The van der Waals surface area contributed by atoms with Crippen molar-refractivity contribution in [2.24, 2.45) is 0 Å². The molecule has 4 rings (SSSR count). The molecular formula is C25H28N2O2S. The lowest BCUT2D eigenvalue weighted by Gasteiger charge is -2.34. The predicted octanol–water partition coefficient (Wildman–Crippen LogP) is 4.90. The van der Waals surface area contributed by atoms with Crippen molar-refractivity contribution in [2.75, 3.05) is 26.2 Å². The van der Waals surface area contributed by atoms with Crippen LogP contribution in [-0.4, -0.2) is 41.9 Å². The van der Waals surface area contributed by atoms with Gasteiger partial charge >= 0.3 is 0 Å². The zero-order valence-corrected chi connectivity index (χ0v) is 18.5. The van der Waals surface area contributed by atoms with Crippen molar-refractivity contribution in [2.45, 2.75) is 27.0 Å². The highest BCUT2D eigenvalue weighted by Crippen LogP contribution is 2.24. The summed E-state index contributed by atoms with van der Waals surface area (Å²) in [5.74, 6) is 1.04. The minimum absolute atomic E-state index is 0.136. The summed E-state index contributed by atoms with van der Waals surface area (Å²) < 4.78 is 5.99. The highest BCUT2D eigenvalue weighted by Gasteiger charge is 2.23. The first kappa shape index (κ1) is 20.6. The van der Waals surface area contributed by atoms with Gasteiger partial charge in [0.1, 0.15) is 12.4 Å². The third kappa shape index (κ3) is 4.91. The third-order valence-electron chi connectivity index (χ3n) is 5.72. The Labute approximate surface area is 182 Å². The fourth-order valence-electron chi connectivity index (χ4n) is 3.71. The van der Waals surface area contributed by atoms with Gasteiger partial charge in [-0.25, -0.2) is 0 Å². The third-order valence-corrected chi connectivity index (χ3v) is 6.69. The Morgan fingerprint density at radius 3 is 2.50 bits per heavy atom. The molecular weight excluding hydrogens is 392 g/mol. The molecule has 0 radical (unpaired) electrons. The topological polar surface area (TPSA) is 32.8 Å². The van der Waals surface area contributed by atoms with Gasteiger partial charge in [-0.05, 0) is 48.1 Å². The van der Waals surface area contributed by atoms with Gasteiger partial charge in [0, 0.05) is 38.3 Å². The highest BCUT2D eigenvalue weighted by atomic mass is 32.1. The van der Waals surface area contributed by atoms with Crippen LogP contribution >= 0.6 is 11.3 Å². The first-order valence-electron chi connectivity index (χ1n) is 10.4. The van der Waals surface area contributed by atoms with E-state index in [9.17, 15) is 4.79 Å². The quantitative estimate of drug-likeness (QED) is 0.568. The van der Waals surface area contributed by atoms with E-state index >= 15 is 0 Å². The number of hydrogen-bond donors (Lipinski definition) is 0. The first-order valence-corrected chi connectivity index (χ1v) is 11.3. The number of carbonyl (C=O) groups excluding carboxylic acids is 1. The van der Waals surface area contributed by atoms with Crippen molar-refractivity contribution in [3.05, 3.63) is 87.1 Å². The van der Waals surface area contributed by atoms with Crippen LogP contribution in [0.5, 0.6) is 5.75 Å². The predicted molar refractivity (Wildman–Crippen MR) is 122 cm³/mol. The zero-order valence-electron chi connectivity index (χ0n) is 17.6. The van der Waals surface area contributed by atoms with E-state index in [1.807, 2.05) is 34.5 Å². The summed E-state index contributed by atoms with van der Waals surface area (Å²) in [6.07, 6.45) is 0. The Bertz CT molecular complexity index is 991. The van der Waals surface area contributed by atoms with Gasteiger partial charge in [-0.3, -0.25) is 9.69 Å². The van der Waals surface area contributed by atoms with E-state index in [1.54, 1.807) is 0 Å². The maximum Gasteiger partial charge on any atom is 0.264 e. The molecule has 2 heterocycles. The second kappa shape index (κ2) is 9.45. The molecule has 1 aliphatic rings. The zero-order chi connectivity index (χ0) is 20.9. The minimum atomic E-state index is 0.136. The molecule has 1 aliphatic heterocycles. The molecule has 2 aromatic carbocycles. The summed E-state index contributed by atoms with van der Waals surface area (Å²) in [6.45, 7) is 8.97. The van der Waals surface area contributed by atoms with Gasteiger partial charge in [-0.15, -0.1) is 11.3 Å². The van der Waals surface area contributed by atoms with Crippen LogP contribution in [-0.2, 0) is 13.2 Å². The molecule has 0 bridgehead atoms. The molecule has 156 valence electrons. The molecule has 1 fully saturated rings. The molecule has 3 aromatic rings. The molecule has 0 N–H and O–H groups in total. The fourth-order valence-corrected chi connectivity index (χ4v) is 4.58. The van der Waals surface area contributed by atoms with Gasteiger partial charge in [0.15, 0.2) is 0 Å². The highest BCUT2D eigenvalue weighted by molar-refractivity contribution is 7.12. The van der Waals surface area contributed by atoms with Gasteiger partial charge in [-0.1, -0.05) is 42.5 Å². The normalized spacial score (nSPS) is 14.7. The van der Waals surface area contributed by atoms with Crippen molar-refractivity contribution in [3.63, 3.8) is 0 Å². The van der Waals surface area contributed by atoms with E-state index in [-0.39, 0.29) is 5.91 Å². The maximum absolute atomic E-state index is 12.9. The summed E-state index contributed by atoms with van der Waals surface area (Å²) in [6, 6.07) is 18.6. The molecule has 4 nitrogen and oxygen atoms in total. The Morgan fingerprint density at radius 2 is 1.73 bits per heavy atom. The van der Waals surface area contributed by atoms with E-state index < -0.39 is 0 Å². The number of aryl methyl sites for hydroxylation is 1. The molecule has 0 saturated carbocycles. The molecule has 1 aromatic heterocycles. The number of piperazine rings is 1. The minimum Gasteiger partial charge on any atom is -0.489 e. The Hall–Kier alpha value is -2.63. The second-order valence-electron chi connectivity index (χ2n) is 7.86. The Balaban J connectivity index is 1.29.